The number of carbonyl (C=O) groups is 1. The summed E-state index contributed by atoms with van der Waals surface area (Å²) < 4.78 is 38.4. The molecule has 0 saturated carbocycles. The van der Waals surface area contributed by atoms with Crippen molar-refractivity contribution in [3.05, 3.63) is 83.4 Å². The highest BCUT2D eigenvalue weighted by atomic mass is 35.5. The first kappa shape index (κ1) is 24.4. The molecule has 0 bridgehead atoms. The number of hydrogen-bond acceptors (Lipinski definition) is 5. The van der Waals surface area contributed by atoms with Gasteiger partial charge in [0.25, 0.3) is 10.0 Å². The summed E-state index contributed by atoms with van der Waals surface area (Å²) in [5, 5.41) is 3.18. The number of anilines is 1. The number of sulfonamides is 1. The molecule has 33 heavy (non-hydrogen) atoms. The summed E-state index contributed by atoms with van der Waals surface area (Å²) in [5.74, 6) is 0.868. The summed E-state index contributed by atoms with van der Waals surface area (Å²) in [4.78, 5) is 12.8. The zero-order chi connectivity index (χ0) is 23.8. The summed E-state index contributed by atoms with van der Waals surface area (Å²) in [7, 11) is -2.45. The Morgan fingerprint density at radius 1 is 0.939 bits per heavy atom. The topological polar surface area (TPSA) is 84.9 Å². The lowest BCUT2D eigenvalue weighted by Gasteiger charge is -2.24. The molecule has 1 amide bonds. The molecule has 0 heterocycles. The lowest BCUT2D eigenvalue weighted by Crippen LogP contribution is -2.40. The van der Waals surface area contributed by atoms with Crippen molar-refractivity contribution in [1.29, 1.82) is 0 Å². The molecule has 0 aromatic heterocycles. The minimum absolute atomic E-state index is 0.0312. The SMILES string of the molecule is CCOc1ccc(N(CC(=O)NCc2ccc(OC)cc2)S(=O)(=O)c2ccc(Cl)cc2)cc1. The number of methoxy groups -OCH3 is 1. The van der Waals surface area contributed by atoms with Gasteiger partial charge in [0.2, 0.25) is 5.91 Å². The van der Waals surface area contributed by atoms with Crippen LogP contribution in [0.5, 0.6) is 11.5 Å². The van der Waals surface area contributed by atoms with Crippen molar-refractivity contribution in [2.75, 3.05) is 24.6 Å². The predicted molar refractivity (Wildman–Crippen MR) is 128 cm³/mol. The molecule has 0 spiro atoms. The van der Waals surface area contributed by atoms with Crippen LogP contribution in [0.4, 0.5) is 5.69 Å². The average Bonchev–Trinajstić information content (AvgIpc) is 2.82. The first-order chi connectivity index (χ1) is 15.8. The molecule has 0 aliphatic carbocycles. The average molecular weight is 489 g/mol. The largest absolute Gasteiger partial charge is 0.497 e. The van der Waals surface area contributed by atoms with Gasteiger partial charge in [-0.3, -0.25) is 9.10 Å². The normalized spacial score (nSPS) is 11.0. The molecule has 0 fully saturated rings. The Labute approximate surface area is 198 Å². The monoisotopic (exact) mass is 488 g/mol. The van der Waals surface area contributed by atoms with Gasteiger partial charge in [0.1, 0.15) is 18.0 Å². The summed E-state index contributed by atoms with van der Waals surface area (Å²) in [6, 6.07) is 19.6. The standard InChI is InChI=1S/C24H25ClN2O5S/c1-3-32-22-12-8-20(9-13-22)27(33(29,30)23-14-6-19(25)7-15-23)17-24(28)26-16-18-4-10-21(31-2)11-5-18/h4-15H,3,16-17H2,1-2H3,(H,26,28). The number of rotatable bonds is 10. The van der Waals surface area contributed by atoms with Crippen LogP contribution in [0.3, 0.4) is 0 Å². The molecule has 3 aromatic rings. The summed E-state index contributed by atoms with van der Waals surface area (Å²) in [6.45, 7) is 2.20. The number of amides is 1. The van der Waals surface area contributed by atoms with Crippen LogP contribution in [-0.4, -0.2) is 34.6 Å². The Balaban J connectivity index is 1.82. The summed E-state index contributed by atoms with van der Waals surface area (Å²) in [5.41, 5.74) is 1.20. The van der Waals surface area contributed by atoms with E-state index >= 15 is 0 Å². The van der Waals surface area contributed by atoms with E-state index in [1.54, 1.807) is 43.5 Å². The molecular formula is C24H25ClN2O5S. The molecule has 0 radical (unpaired) electrons. The number of ether oxygens (including phenoxy) is 2. The van der Waals surface area contributed by atoms with Crippen LogP contribution in [0.15, 0.2) is 77.7 Å². The van der Waals surface area contributed by atoms with E-state index in [1.807, 2.05) is 19.1 Å². The fraction of sp³-hybridized carbons (Fsp3) is 0.208. The van der Waals surface area contributed by atoms with Crippen molar-refractivity contribution in [1.82, 2.24) is 5.32 Å². The maximum absolute atomic E-state index is 13.4. The molecular weight excluding hydrogens is 464 g/mol. The third-order valence-electron chi connectivity index (χ3n) is 4.77. The zero-order valence-electron chi connectivity index (χ0n) is 18.3. The van der Waals surface area contributed by atoms with Gasteiger partial charge in [-0.05, 0) is 73.2 Å². The Kier molecular flexibility index (Phi) is 8.19. The Bertz CT molecular complexity index is 1160. The Morgan fingerprint density at radius 2 is 1.55 bits per heavy atom. The van der Waals surface area contributed by atoms with Crippen LogP contribution >= 0.6 is 11.6 Å². The van der Waals surface area contributed by atoms with Gasteiger partial charge in [0.15, 0.2) is 0 Å². The van der Waals surface area contributed by atoms with Crippen molar-refractivity contribution in [3.8, 4) is 11.5 Å². The Morgan fingerprint density at radius 3 is 2.12 bits per heavy atom. The number of halogens is 1. The first-order valence-corrected chi connectivity index (χ1v) is 12.1. The van der Waals surface area contributed by atoms with E-state index in [2.05, 4.69) is 5.32 Å². The van der Waals surface area contributed by atoms with Crippen LogP contribution in [0, 0.1) is 0 Å². The number of hydrogen-bond donors (Lipinski definition) is 1. The smallest absolute Gasteiger partial charge is 0.264 e. The van der Waals surface area contributed by atoms with E-state index in [0.29, 0.717) is 28.8 Å². The van der Waals surface area contributed by atoms with Gasteiger partial charge >= 0.3 is 0 Å². The van der Waals surface area contributed by atoms with Crippen molar-refractivity contribution >= 4 is 33.2 Å². The molecule has 3 rings (SSSR count). The van der Waals surface area contributed by atoms with Crippen molar-refractivity contribution in [2.45, 2.75) is 18.4 Å². The van der Waals surface area contributed by atoms with Gasteiger partial charge in [0, 0.05) is 11.6 Å². The summed E-state index contributed by atoms with van der Waals surface area (Å²) in [6.07, 6.45) is 0. The zero-order valence-corrected chi connectivity index (χ0v) is 19.9. The molecule has 9 heteroatoms. The van der Waals surface area contributed by atoms with E-state index < -0.39 is 22.5 Å². The van der Waals surface area contributed by atoms with Gasteiger partial charge < -0.3 is 14.8 Å². The minimum Gasteiger partial charge on any atom is -0.497 e. The maximum atomic E-state index is 13.4. The lowest BCUT2D eigenvalue weighted by molar-refractivity contribution is -0.119. The second kappa shape index (κ2) is 11.1. The van der Waals surface area contributed by atoms with Crippen LogP contribution in [0.1, 0.15) is 12.5 Å². The highest BCUT2D eigenvalue weighted by Gasteiger charge is 2.27. The quantitative estimate of drug-likeness (QED) is 0.461. The Hall–Kier alpha value is -3.23. The van der Waals surface area contributed by atoms with Crippen molar-refractivity contribution in [3.63, 3.8) is 0 Å². The van der Waals surface area contributed by atoms with E-state index in [1.165, 1.54) is 24.3 Å². The second-order valence-electron chi connectivity index (χ2n) is 7.02. The van der Waals surface area contributed by atoms with Crippen LogP contribution in [0.25, 0.3) is 0 Å². The third-order valence-corrected chi connectivity index (χ3v) is 6.81. The van der Waals surface area contributed by atoms with Gasteiger partial charge in [0.05, 0.1) is 24.3 Å². The fourth-order valence-electron chi connectivity index (χ4n) is 3.05. The molecule has 0 unspecified atom stereocenters. The highest BCUT2D eigenvalue weighted by molar-refractivity contribution is 7.92. The van der Waals surface area contributed by atoms with E-state index in [-0.39, 0.29) is 11.4 Å². The molecule has 0 aliphatic rings. The fourth-order valence-corrected chi connectivity index (χ4v) is 4.60. The second-order valence-corrected chi connectivity index (χ2v) is 9.32. The van der Waals surface area contributed by atoms with E-state index in [0.717, 1.165) is 9.87 Å². The molecule has 0 aliphatic heterocycles. The van der Waals surface area contributed by atoms with Gasteiger partial charge in [-0.25, -0.2) is 8.42 Å². The molecule has 1 N–H and O–H groups in total. The lowest BCUT2D eigenvalue weighted by atomic mass is 10.2. The van der Waals surface area contributed by atoms with E-state index in [4.69, 9.17) is 21.1 Å². The third kappa shape index (κ3) is 6.40. The number of nitrogens with one attached hydrogen (secondary N) is 1. The molecule has 0 atom stereocenters. The number of carbonyl (C=O) groups excluding carboxylic acids is 1. The molecule has 0 saturated heterocycles. The maximum Gasteiger partial charge on any atom is 0.264 e. The van der Waals surface area contributed by atoms with Crippen molar-refractivity contribution < 1.29 is 22.7 Å². The molecule has 3 aromatic carbocycles. The highest BCUT2D eigenvalue weighted by Crippen LogP contribution is 2.26. The van der Waals surface area contributed by atoms with Gasteiger partial charge in [-0.1, -0.05) is 23.7 Å². The molecule has 174 valence electrons. The molecule has 7 nitrogen and oxygen atoms in total. The summed E-state index contributed by atoms with van der Waals surface area (Å²) >= 11 is 5.91. The van der Waals surface area contributed by atoms with Gasteiger partial charge in [-0.2, -0.15) is 0 Å². The first-order valence-electron chi connectivity index (χ1n) is 10.2. The number of nitrogens with zero attached hydrogens (tertiary/aromatic N) is 1. The number of benzene rings is 3. The van der Waals surface area contributed by atoms with Gasteiger partial charge in [-0.15, -0.1) is 0 Å². The predicted octanol–water partition coefficient (Wildman–Crippen LogP) is 4.26. The van der Waals surface area contributed by atoms with Crippen LogP contribution < -0.4 is 19.1 Å². The van der Waals surface area contributed by atoms with Crippen LogP contribution in [0.2, 0.25) is 5.02 Å². The van der Waals surface area contributed by atoms with Crippen molar-refractivity contribution in [2.24, 2.45) is 0 Å². The minimum atomic E-state index is -4.03. The van der Waals surface area contributed by atoms with Crippen LogP contribution in [-0.2, 0) is 21.4 Å². The van der Waals surface area contributed by atoms with E-state index in [9.17, 15) is 13.2 Å².